The third-order valence-corrected chi connectivity index (χ3v) is 4.95. The average Bonchev–Trinajstić information content (AvgIpc) is 2.95. The van der Waals surface area contributed by atoms with Crippen molar-refractivity contribution >= 4 is 27.7 Å². The summed E-state index contributed by atoms with van der Waals surface area (Å²) in [6.45, 7) is 8.19. The maximum Gasteiger partial charge on any atom is 0.244 e. The number of halogens is 1. The second kappa shape index (κ2) is 6.48. The molecule has 4 nitrogen and oxygen atoms in total. The predicted molar refractivity (Wildman–Crippen MR) is 94.4 cm³/mol. The molecule has 5 heteroatoms. The fraction of sp³-hybridized carbons (Fsp3) is 0.444. The summed E-state index contributed by atoms with van der Waals surface area (Å²) in [7, 11) is 0. The Morgan fingerprint density at radius 2 is 2.00 bits per heavy atom. The Bertz CT molecular complexity index is 663. The molecule has 2 rings (SSSR count). The molecule has 1 saturated carbocycles. The van der Waals surface area contributed by atoms with Crippen molar-refractivity contribution in [1.29, 1.82) is 0 Å². The number of carbonyl (C=O) groups is 2. The van der Waals surface area contributed by atoms with Crippen LogP contribution in [0, 0.1) is 17.3 Å². The van der Waals surface area contributed by atoms with Gasteiger partial charge in [-0.05, 0) is 42.9 Å². The third kappa shape index (κ3) is 3.83. The zero-order chi connectivity index (χ0) is 17.4. The standard InChI is InChI=1S/C18H23BrN2O2/c1-10(2)8-13-14(18(13,3)4)17(23)21-15(16(20)22)11-6-5-7-12(19)9-11/h5-9,13-15H,1-4H3,(H2,20,22)(H,21,23)/t13-,14+,15+/m1/s1. The van der Waals surface area contributed by atoms with E-state index in [1.165, 1.54) is 5.57 Å². The van der Waals surface area contributed by atoms with E-state index in [1.807, 2.05) is 26.0 Å². The number of primary amides is 1. The largest absolute Gasteiger partial charge is 0.368 e. The van der Waals surface area contributed by atoms with Crippen LogP contribution >= 0.6 is 15.9 Å². The first kappa shape index (κ1) is 17.7. The number of carbonyl (C=O) groups excluding carboxylic acids is 2. The van der Waals surface area contributed by atoms with Gasteiger partial charge in [0.15, 0.2) is 0 Å². The van der Waals surface area contributed by atoms with Gasteiger partial charge < -0.3 is 11.1 Å². The number of nitrogens with one attached hydrogen (secondary N) is 1. The molecule has 1 fully saturated rings. The molecule has 3 N–H and O–H groups in total. The van der Waals surface area contributed by atoms with E-state index in [0.717, 1.165) is 4.47 Å². The monoisotopic (exact) mass is 378 g/mol. The summed E-state index contributed by atoms with van der Waals surface area (Å²) in [4.78, 5) is 24.4. The lowest BCUT2D eigenvalue weighted by atomic mass is 10.0. The van der Waals surface area contributed by atoms with Crippen molar-refractivity contribution in [2.75, 3.05) is 0 Å². The second-order valence-electron chi connectivity index (χ2n) is 6.97. The van der Waals surface area contributed by atoms with Gasteiger partial charge in [-0.15, -0.1) is 0 Å². The van der Waals surface area contributed by atoms with Gasteiger partial charge in [-0.25, -0.2) is 0 Å². The highest BCUT2D eigenvalue weighted by molar-refractivity contribution is 9.10. The molecule has 0 radical (unpaired) electrons. The summed E-state index contributed by atoms with van der Waals surface area (Å²) in [5.41, 5.74) is 7.26. The lowest BCUT2D eigenvalue weighted by molar-refractivity contribution is -0.128. The number of benzene rings is 1. The summed E-state index contributed by atoms with van der Waals surface area (Å²) in [5.74, 6) is -0.620. The first-order chi connectivity index (χ1) is 10.6. The Hall–Kier alpha value is -1.62. The lowest BCUT2D eigenvalue weighted by Crippen LogP contribution is -2.39. The van der Waals surface area contributed by atoms with E-state index in [1.54, 1.807) is 12.1 Å². The Morgan fingerprint density at radius 1 is 1.35 bits per heavy atom. The summed E-state index contributed by atoms with van der Waals surface area (Å²) in [6.07, 6.45) is 2.13. The molecule has 3 atom stereocenters. The number of hydrogen-bond donors (Lipinski definition) is 2. The fourth-order valence-corrected chi connectivity index (χ4v) is 3.50. The Morgan fingerprint density at radius 3 is 2.52 bits per heavy atom. The quantitative estimate of drug-likeness (QED) is 0.771. The maximum absolute atomic E-state index is 12.6. The summed E-state index contributed by atoms with van der Waals surface area (Å²) in [5, 5.41) is 2.82. The van der Waals surface area contributed by atoms with Crippen LogP contribution in [-0.4, -0.2) is 11.8 Å². The van der Waals surface area contributed by atoms with Crippen LogP contribution < -0.4 is 11.1 Å². The van der Waals surface area contributed by atoms with Crippen molar-refractivity contribution in [2.24, 2.45) is 23.0 Å². The zero-order valence-corrected chi connectivity index (χ0v) is 15.5. The van der Waals surface area contributed by atoms with E-state index in [4.69, 9.17) is 5.73 Å². The summed E-state index contributed by atoms with van der Waals surface area (Å²) in [6, 6.07) is 6.43. The van der Waals surface area contributed by atoms with Gasteiger partial charge in [0.2, 0.25) is 11.8 Å². The van der Waals surface area contributed by atoms with E-state index in [9.17, 15) is 9.59 Å². The van der Waals surface area contributed by atoms with Gasteiger partial charge in [-0.2, -0.15) is 0 Å². The molecular weight excluding hydrogens is 356 g/mol. The zero-order valence-electron chi connectivity index (χ0n) is 13.9. The molecule has 124 valence electrons. The van der Waals surface area contributed by atoms with E-state index < -0.39 is 11.9 Å². The van der Waals surface area contributed by atoms with Gasteiger partial charge in [-0.1, -0.05) is 53.6 Å². The van der Waals surface area contributed by atoms with E-state index in [0.29, 0.717) is 5.56 Å². The Kier molecular flexibility index (Phi) is 4.99. The van der Waals surface area contributed by atoms with Crippen LogP contribution in [-0.2, 0) is 9.59 Å². The minimum absolute atomic E-state index is 0.0964. The summed E-state index contributed by atoms with van der Waals surface area (Å²) >= 11 is 3.37. The molecule has 0 aromatic heterocycles. The highest BCUT2D eigenvalue weighted by Gasteiger charge is 2.60. The molecule has 1 aromatic rings. The molecule has 1 aromatic carbocycles. The number of allylic oxidation sites excluding steroid dienone is 2. The van der Waals surface area contributed by atoms with E-state index in [-0.39, 0.29) is 23.2 Å². The van der Waals surface area contributed by atoms with Crippen LogP contribution in [0.4, 0.5) is 0 Å². The molecule has 0 aliphatic heterocycles. The van der Waals surface area contributed by atoms with Crippen LogP contribution in [0.3, 0.4) is 0 Å². The summed E-state index contributed by atoms with van der Waals surface area (Å²) < 4.78 is 0.838. The van der Waals surface area contributed by atoms with Crippen LogP contribution in [0.15, 0.2) is 40.4 Å². The van der Waals surface area contributed by atoms with Crippen molar-refractivity contribution in [3.05, 3.63) is 46.0 Å². The van der Waals surface area contributed by atoms with Crippen molar-refractivity contribution in [2.45, 2.75) is 33.7 Å². The maximum atomic E-state index is 12.6. The van der Waals surface area contributed by atoms with Gasteiger partial charge in [0, 0.05) is 4.47 Å². The normalized spacial score (nSPS) is 22.8. The first-order valence-electron chi connectivity index (χ1n) is 7.64. The van der Waals surface area contributed by atoms with Gasteiger partial charge in [0.1, 0.15) is 6.04 Å². The van der Waals surface area contributed by atoms with Crippen LogP contribution in [0.5, 0.6) is 0 Å². The Labute approximate surface area is 145 Å². The third-order valence-electron chi connectivity index (χ3n) is 4.46. The number of amides is 2. The molecule has 1 aliphatic rings. The van der Waals surface area contributed by atoms with Crippen LogP contribution in [0.1, 0.15) is 39.3 Å². The molecule has 23 heavy (non-hydrogen) atoms. The first-order valence-corrected chi connectivity index (χ1v) is 8.44. The van der Waals surface area contributed by atoms with Crippen LogP contribution in [0.2, 0.25) is 0 Å². The predicted octanol–water partition coefficient (Wildman–Crippen LogP) is 3.33. The van der Waals surface area contributed by atoms with Crippen molar-refractivity contribution in [3.63, 3.8) is 0 Å². The molecule has 2 amide bonds. The number of hydrogen-bond acceptors (Lipinski definition) is 2. The van der Waals surface area contributed by atoms with Crippen LogP contribution in [0.25, 0.3) is 0 Å². The molecule has 0 spiro atoms. The fourth-order valence-electron chi connectivity index (χ4n) is 3.09. The molecular formula is C18H23BrN2O2. The minimum atomic E-state index is -0.816. The molecule has 0 bridgehead atoms. The van der Waals surface area contributed by atoms with Gasteiger partial charge >= 0.3 is 0 Å². The van der Waals surface area contributed by atoms with Gasteiger partial charge in [-0.3, -0.25) is 9.59 Å². The smallest absolute Gasteiger partial charge is 0.244 e. The number of nitrogens with two attached hydrogens (primary N) is 1. The minimum Gasteiger partial charge on any atom is -0.368 e. The van der Waals surface area contributed by atoms with Crippen molar-refractivity contribution < 1.29 is 9.59 Å². The Balaban J connectivity index is 2.17. The van der Waals surface area contributed by atoms with Crippen molar-refractivity contribution in [3.8, 4) is 0 Å². The van der Waals surface area contributed by atoms with E-state index >= 15 is 0 Å². The van der Waals surface area contributed by atoms with E-state index in [2.05, 4.69) is 41.2 Å². The lowest BCUT2D eigenvalue weighted by Gasteiger charge is -2.16. The molecule has 1 aliphatic carbocycles. The highest BCUT2D eigenvalue weighted by atomic mass is 79.9. The number of rotatable bonds is 5. The van der Waals surface area contributed by atoms with Gasteiger partial charge in [0.05, 0.1) is 5.92 Å². The SMILES string of the molecule is CC(C)=C[C@@H]1[C@@H](C(=O)N[C@H](C(N)=O)c2cccc(Br)c2)C1(C)C. The molecule has 0 saturated heterocycles. The topological polar surface area (TPSA) is 72.2 Å². The molecule has 0 heterocycles. The average molecular weight is 379 g/mol. The second-order valence-corrected chi connectivity index (χ2v) is 7.88. The van der Waals surface area contributed by atoms with Crippen molar-refractivity contribution in [1.82, 2.24) is 5.32 Å². The molecule has 0 unspecified atom stereocenters. The highest BCUT2D eigenvalue weighted by Crippen LogP contribution is 2.59. The van der Waals surface area contributed by atoms with Gasteiger partial charge in [0.25, 0.3) is 0 Å².